The van der Waals surface area contributed by atoms with Gasteiger partial charge in [-0.05, 0) is 41.8 Å². The van der Waals surface area contributed by atoms with Gasteiger partial charge in [-0.15, -0.1) is 0 Å². The van der Waals surface area contributed by atoms with Crippen LogP contribution in [0.25, 0.3) is 11.4 Å². The molecule has 0 aliphatic rings. The Balaban J connectivity index is 1.26. The Morgan fingerprint density at radius 1 is 0.935 bits per heavy atom. The van der Waals surface area contributed by atoms with Crippen LogP contribution in [0.1, 0.15) is 17.0 Å². The molecule has 2 aromatic heterocycles. The van der Waals surface area contributed by atoms with Gasteiger partial charge >= 0.3 is 0 Å². The monoisotopic (exact) mass is 412 g/mol. The number of benzene rings is 2. The van der Waals surface area contributed by atoms with Crippen molar-refractivity contribution < 1.29 is 4.79 Å². The van der Waals surface area contributed by atoms with Gasteiger partial charge in [0.1, 0.15) is 5.82 Å². The summed E-state index contributed by atoms with van der Waals surface area (Å²) in [5, 5.41) is 13.5. The normalized spacial score (nSPS) is 10.6. The number of aromatic amines is 1. The third-order valence-electron chi connectivity index (χ3n) is 4.80. The van der Waals surface area contributed by atoms with Gasteiger partial charge < -0.3 is 10.6 Å². The summed E-state index contributed by atoms with van der Waals surface area (Å²) in [6, 6.07) is 21.7. The number of amides is 1. The van der Waals surface area contributed by atoms with Crippen molar-refractivity contribution >= 4 is 11.6 Å². The van der Waals surface area contributed by atoms with Crippen molar-refractivity contribution in [3.8, 4) is 11.4 Å². The van der Waals surface area contributed by atoms with Crippen molar-refractivity contribution in [1.82, 2.24) is 25.5 Å². The van der Waals surface area contributed by atoms with Gasteiger partial charge in [0.15, 0.2) is 5.82 Å². The van der Waals surface area contributed by atoms with Crippen LogP contribution in [0.15, 0.2) is 79.1 Å². The van der Waals surface area contributed by atoms with Gasteiger partial charge in [0, 0.05) is 30.2 Å². The minimum Gasteiger partial charge on any atom is -0.378 e. The Morgan fingerprint density at radius 2 is 1.74 bits per heavy atom. The van der Waals surface area contributed by atoms with E-state index in [1.165, 1.54) is 5.56 Å². The largest absolute Gasteiger partial charge is 0.378 e. The molecule has 2 aromatic carbocycles. The summed E-state index contributed by atoms with van der Waals surface area (Å²) < 4.78 is 0. The van der Waals surface area contributed by atoms with Gasteiger partial charge in [-0.2, -0.15) is 5.10 Å². The molecular formula is C24H24N6O. The van der Waals surface area contributed by atoms with Crippen LogP contribution < -0.4 is 10.6 Å². The molecule has 31 heavy (non-hydrogen) atoms. The molecule has 0 atom stereocenters. The third kappa shape index (κ3) is 5.99. The lowest BCUT2D eigenvalue weighted by molar-refractivity contribution is -0.120. The quantitative estimate of drug-likeness (QED) is 0.392. The molecule has 2 heterocycles. The zero-order valence-electron chi connectivity index (χ0n) is 17.1. The first-order chi connectivity index (χ1) is 15.3. The Hall–Kier alpha value is -4.00. The maximum absolute atomic E-state index is 12.3. The highest BCUT2D eigenvalue weighted by atomic mass is 16.1. The van der Waals surface area contributed by atoms with E-state index in [-0.39, 0.29) is 5.91 Å². The molecule has 0 aliphatic carbocycles. The van der Waals surface area contributed by atoms with Gasteiger partial charge in [-0.3, -0.25) is 14.9 Å². The van der Waals surface area contributed by atoms with E-state index in [0.29, 0.717) is 25.3 Å². The van der Waals surface area contributed by atoms with E-state index >= 15 is 0 Å². The van der Waals surface area contributed by atoms with Crippen LogP contribution in [0.4, 0.5) is 5.69 Å². The number of carbonyl (C=O) groups is 1. The van der Waals surface area contributed by atoms with Gasteiger partial charge in [-0.25, -0.2) is 4.98 Å². The molecule has 7 heteroatoms. The Labute approximate surface area is 181 Å². The summed E-state index contributed by atoms with van der Waals surface area (Å²) in [7, 11) is 0. The van der Waals surface area contributed by atoms with Crippen molar-refractivity contribution in [3.63, 3.8) is 0 Å². The molecule has 0 unspecified atom stereocenters. The van der Waals surface area contributed by atoms with Crippen molar-refractivity contribution in [2.45, 2.75) is 19.4 Å². The van der Waals surface area contributed by atoms with Crippen molar-refractivity contribution in [2.75, 3.05) is 11.9 Å². The summed E-state index contributed by atoms with van der Waals surface area (Å²) in [5.74, 6) is 1.39. The van der Waals surface area contributed by atoms with Crippen LogP contribution in [0, 0.1) is 0 Å². The lowest BCUT2D eigenvalue weighted by atomic mass is 10.1. The Kier molecular flexibility index (Phi) is 6.64. The number of H-pyrrole nitrogens is 1. The first-order valence-corrected chi connectivity index (χ1v) is 10.2. The van der Waals surface area contributed by atoms with E-state index in [1.807, 2.05) is 54.6 Å². The molecule has 0 fully saturated rings. The number of carbonyl (C=O) groups excluding carboxylic acids is 1. The second kappa shape index (κ2) is 10.2. The number of nitrogens with one attached hydrogen (secondary N) is 3. The van der Waals surface area contributed by atoms with Crippen LogP contribution in [-0.2, 0) is 24.2 Å². The number of rotatable bonds is 9. The lowest BCUT2D eigenvalue weighted by Crippen LogP contribution is -2.27. The Bertz CT molecular complexity index is 1110. The molecular weight excluding hydrogens is 388 g/mol. The van der Waals surface area contributed by atoms with Crippen LogP contribution in [0.2, 0.25) is 0 Å². The fourth-order valence-electron chi connectivity index (χ4n) is 3.22. The smallest absolute Gasteiger partial charge is 0.224 e. The van der Waals surface area contributed by atoms with Crippen LogP contribution in [-0.4, -0.2) is 32.6 Å². The van der Waals surface area contributed by atoms with Crippen LogP contribution in [0.3, 0.4) is 0 Å². The molecule has 4 aromatic rings. The molecule has 7 nitrogen and oxygen atoms in total. The number of anilines is 1. The maximum Gasteiger partial charge on any atom is 0.224 e. The summed E-state index contributed by atoms with van der Waals surface area (Å²) in [5.41, 5.74) is 4.01. The van der Waals surface area contributed by atoms with Gasteiger partial charge in [0.25, 0.3) is 0 Å². The molecule has 0 bridgehead atoms. The fraction of sp³-hybridized carbons (Fsp3) is 0.167. The average molecular weight is 412 g/mol. The number of hydrogen-bond acceptors (Lipinski definition) is 5. The van der Waals surface area contributed by atoms with Crippen LogP contribution >= 0.6 is 0 Å². The second-order valence-corrected chi connectivity index (χ2v) is 7.16. The number of aromatic nitrogens is 4. The summed E-state index contributed by atoms with van der Waals surface area (Å²) >= 11 is 0. The maximum atomic E-state index is 12.3. The molecule has 0 saturated carbocycles. The number of pyridine rings is 1. The summed E-state index contributed by atoms with van der Waals surface area (Å²) in [4.78, 5) is 20.8. The zero-order chi connectivity index (χ0) is 21.3. The summed E-state index contributed by atoms with van der Waals surface area (Å²) in [6.07, 6.45) is 4.60. The van der Waals surface area contributed by atoms with Crippen molar-refractivity contribution in [3.05, 3.63) is 96.1 Å². The standard InChI is InChI=1S/C24H24N6O/c31-23(26-14-9-18-5-2-1-3-6-18)16-19-7-4-8-21(15-19)27-17-22-28-24(30-29-22)20-10-12-25-13-11-20/h1-8,10-13,15,27H,9,14,16-17H2,(H,26,31)(H,28,29,30). The fourth-order valence-corrected chi connectivity index (χ4v) is 3.22. The molecule has 0 radical (unpaired) electrons. The number of hydrogen-bond donors (Lipinski definition) is 3. The highest BCUT2D eigenvalue weighted by molar-refractivity contribution is 5.78. The molecule has 156 valence electrons. The van der Waals surface area contributed by atoms with Crippen molar-refractivity contribution in [2.24, 2.45) is 0 Å². The van der Waals surface area contributed by atoms with Gasteiger partial charge in [0.2, 0.25) is 5.91 Å². The molecule has 0 aliphatic heterocycles. The lowest BCUT2D eigenvalue weighted by Gasteiger charge is -2.08. The molecule has 0 spiro atoms. The highest BCUT2D eigenvalue weighted by Gasteiger charge is 2.07. The third-order valence-corrected chi connectivity index (χ3v) is 4.80. The predicted molar refractivity (Wildman–Crippen MR) is 120 cm³/mol. The van der Waals surface area contributed by atoms with E-state index in [0.717, 1.165) is 29.1 Å². The van der Waals surface area contributed by atoms with Crippen LogP contribution in [0.5, 0.6) is 0 Å². The zero-order valence-corrected chi connectivity index (χ0v) is 17.1. The summed E-state index contributed by atoms with van der Waals surface area (Å²) in [6.45, 7) is 1.14. The SMILES string of the molecule is O=C(Cc1cccc(NCc2nc(-c3ccncc3)n[nH]2)c1)NCCc1ccccc1. The molecule has 3 N–H and O–H groups in total. The van der Waals surface area contributed by atoms with E-state index in [9.17, 15) is 4.79 Å². The minimum atomic E-state index is 0.0188. The number of nitrogens with zero attached hydrogens (tertiary/aromatic N) is 3. The predicted octanol–water partition coefficient (Wildman–Crippen LogP) is 3.38. The van der Waals surface area contributed by atoms with Gasteiger partial charge in [-0.1, -0.05) is 42.5 Å². The second-order valence-electron chi connectivity index (χ2n) is 7.16. The molecule has 1 amide bonds. The van der Waals surface area contributed by atoms with E-state index in [2.05, 4.69) is 42.9 Å². The first kappa shape index (κ1) is 20.3. The van der Waals surface area contributed by atoms with Gasteiger partial charge in [0.05, 0.1) is 13.0 Å². The average Bonchev–Trinajstić information content (AvgIpc) is 3.28. The topological polar surface area (TPSA) is 95.6 Å². The first-order valence-electron chi connectivity index (χ1n) is 10.2. The van der Waals surface area contributed by atoms with E-state index < -0.39 is 0 Å². The van der Waals surface area contributed by atoms with E-state index in [1.54, 1.807) is 12.4 Å². The van der Waals surface area contributed by atoms with Crippen molar-refractivity contribution in [1.29, 1.82) is 0 Å². The molecule has 0 saturated heterocycles. The minimum absolute atomic E-state index is 0.0188. The Morgan fingerprint density at radius 3 is 2.58 bits per heavy atom. The molecule has 4 rings (SSSR count). The highest BCUT2D eigenvalue weighted by Crippen LogP contribution is 2.15. The van der Waals surface area contributed by atoms with E-state index in [4.69, 9.17) is 0 Å².